The van der Waals surface area contributed by atoms with Gasteiger partial charge >= 0.3 is 0 Å². The molecule has 6 nitrogen and oxygen atoms in total. The third kappa shape index (κ3) is 4.49. The van der Waals surface area contributed by atoms with E-state index in [2.05, 4.69) is 10.3 Å². The molecule has 2 heterocycles. The number of nitrogens with zero attached hydrogens (tertiary/aromatic N) is 2. The molecule has 0 radical (unpaired) electrons. The number of sulfonamides is 1. The zero-order valence-electron chi connectivity index (χ0n) is 12.3. The minimum atomic E-state index is -3.16. The Kier molecular flexibility index (Phi) is 5.34. The van der Waals surface area contributed by atoms with E-state index in [-0.39, 0.29) is 11.9 Å². The lowest BCUT2D eigenvalue weighted by Crippen LogP contribution is -2.44. The molecular formula is C13H21N3O3S2. The topological polar surface area (TPSA) is 79.4 Å². The van der Waals surface area contributed by atoms with Gasteiger partial charge in [0.15, 0.2) is 0 Å². The van der Waals surface area contributed by atoms with Crippen molar-refractivity contribution in [2.45, 2.75) is 38.6 Å². The number of hydrogen-bond acceptors (Lipinski definition) is 5. The summed E-state index contributed by atoms with van der Waals surface area (Å²) in [6.45, 7) is 2.91. The summed E-state index contributed by atoms with van der Waals surface area (Å²) >= 11 is 1.44. The van der Waals surface area contributed by atoms with Gasteiger partial charge in [-0.05, 0) is 26.2 Å². The Hall–Kier alpha value is -0.990. The van der Waals surface area contributed by atoms with Crippen molar-refractivity contribution >= 4 is 27.3 Å². The molecule has 1 amide bonds. The average Bonchev–Trinajstić information content (AvgIpc) is 2.85. The van der Waals surface area contributed by atoms with E-state index in [1.165, 1.54) is 17.6 Å². The molecule has 1 aliphatic heterocycles. The summed E-state index contributed by atoms with van der Waals surface area (Å²) in [5.41, 5.74) is 0.432. The fraction of sp³-hybridized carbons (Fsp3) is 0.692. The van der Waals surface area contributed by atoms with Crippen LogP contribution in [0.15, 0.2) is 5.38 Å². The standard InChI is InChI=1S/C13H21N3O3S2/c1-10-15-12(9-20-10)13(17)14-7-6-11-5-3-4-8-16(11)21(2,18)19/h9,11H,3-8H2,1-2H3,(H,14,17)/t11-/m0/s1. The number of rotatable bonds is 5. The van der Waals surface area contributed by atoms with Crippen molar-refractivity contribution in [2.75, 3.05) is 19.3 Å². The molecule has 1 N–H and O–H groups in total. The van der Waals surface area contributed by atoms with Crippen molar-refractivity contribution < 1.29 is 13.2 Å². The van der Waals surface area contributed by atoms with Gasteiger partial charge in [0.2, 0.25) is 10.0 Å². The van der Waals surface area contributed by atoms with Crippen LogP contribution in [0.25, 0.3) is 0 Å². The monoisotopic (exact) mass is 331 g/mol. The summed E-state index contributed by atoms with van der Waals surface area (Å²) < 4.78 is 25.1. The number of thiazole rings is 1. The molecule has 2 rings (SSSR count). The van der Waals surface area contributed by atoms with Crippen molar-refractivity contribution in [3.05, 3.63) is 16.1 Å². The lowest BCUT2D eigenvalue weighted by Gasteiger charge is -2.33. The summed E-state index contributed by atoms with van der Waals surface area (Å²) in [6, 6.07) is -0.00813. The minimum Gasteiger partial charge on any atom is -0.351 e. The van der Waals surface area contributed by atoms with Crippen molar-refractivity contribution in [1.82, 2.24) is 14.6 Å². The Morgan fingerprint density at radius 1 is 1.52 bits per heavy atom. The minimum absolute atomic E-state index is 0.00813. The Morgan fingerprint density at radius 2 is 2.29 bits per heavy atom. The summed E-state index contributed by atoms with van der Waals surface area (Å²) in [6.07, 6.45) is 4.70. The first-order chi connectivity index (χ1) is 9.88. The van der Waals surface area contributed by atoms with Gasteiger partial charge in [0, 0.05) is 24.5 Å². The van der Waals surface area contributed by atoms with E-state index in [0.717, 1.165) is 24.3 Å². The van der Waals surface area contributed by atoms with Gasteiger partial charge in [-0.3, -0.25) is 4.79 Å². The van der Waals surface area contributed by atoms with E-state index in [4.69, 9.17) is 0 Å². The highest BCUT2D eigenvalue weighted by molar-refractivity contribution is 7.88. The van der Waals surface area contributed by atoms with Crippen LogP contribution < -0.4 is 5.32 Å². The highest BCUT2D eigenvalue weighted by Gasteiger charge is 2.28. The third-order valence-electron chi connectivity index (χ3n) is 3.61. The van der Waals surface area contributed by atoms with E-state index >= 15 is 0 Å². The Bertz CT molecular complexity index is 598. The lowest BCUT2D eigenvalue weighted by molar-refractivity contribution is 0.0945. The van der Waals surface area contributed by atoms with E-state index in [1.807, 2.05) is 6.92 Å². The van der Waals surface area contributed by atoms with Gasteiger partial charge in [0.25, 0.3) is 5.91 Å². The predicted molar refractivity (Wildman–Crippen MR) is 83.0 cm³/mol. The molecule has 0 saturated carbocycles. The number of carbonyl (C=O) groups is 1. The van der Waals surface area contributed by atoms with E-state index in [0.29, 0.717) is 25.2 Å². The molecule has 21 heavy (non-hydrogen) atoms. The number of aryl methyl sites for hydroxylation is 1. The number of nitrogens with one attached hydrogen (secondary N) is 1. The predicted octanol–water partition coefficient (Wildman–Crippen LogP) is 1.39. The summed E-state index contributed by atoms with van der Waals surface area (Å²) in [5, 5.41) is 5.40. The van der Waals surface area contributed by atoms with Crippen LogP contribution in [0, 0.1) is 6.92 Å². The molecule has 0 spiro atoms. The van der Waals surface area contributed by atoms with Crippen LogP contribution in [0.5, 0.6) is 0 Å². The van der Waals surface area contributed by atoms with Crippen LogP contribution in [-0.2, 0) is 10.0 Å². The number of hydrogen-bond donors (Lipinski definition) is 1. The molecule has 118 valence electrons. The van der Waals surface area contributed by atoms with Crippen LogP contribution in [0.1, 0.15) is 41.2 Å². The quantitative estimate of drug-likeness (QED) is 0.884. The molecule has 1 atom stereocenters. The van der Waals surface area contributed by atoms with Crippen molar-refractivity contribution in [2.24, 2.45) is 0 Å². The fourth-order valence-electron chi connectivity index (χ4n) is 2.61. The first-order valence-electron chi connectivity index (χ1n) is 7.05. The van der Waals surface area contributed by atoms with Gasteiger partial charge in [0.1, 0.15) is 5.69 Å². The Morgan fingerprint density at radius 3 is 2.90 bits per heavy atom. The lowest BCUT2D eigenvalue weighted by atomic mass is 10.0. The molecule has 1 aromatic rings. The first kappa shape index (κ1) is 16.4. The van der Waals surface area contributed by atoms with Gasteiger partial charge in [-0.1, -0.05) is 6.42 Å². The van der Waals surface area contributed by atoms with E-state index < -0.39 is 10.0 Å². The normalized spacial score (nSPS) is 20.4. The second-order valence-electron chi connectivity index (χ2n) is 5.32. The van der Waals surface area contributed by atoms with Crippen molar-refractivity contribution in [3.8, 4) is 0 Å². The zero-order valence-corrected chi connectivity index (χ0v) is 14.0. The Labute approximate surface area is 129 Å². The summed E-state index contributed by atoms with van der Waals surface area (Å²) in [4.78, 5) is 16.0. The number of amides is 1. The maximum absolute atomic E-state index is 11.9. The third-order valence-corrected chi connectivity index (χ3v) is 5.72. The number of aromatic nitrogens is 1. The van der Waals surface area contributed by atoms with E-state index in [1.54, 1.807) is 9.69 Å². The largest absolute Gasteiger partial charge is 0.351 e. The van der Waals surface area contributed by atoms with Gasteiger partial charge in [-0.2, -0.15) is 4.31 Å². The van der Waals surface area contributed by atoms with Gasteiger partial charge in [-0.15, -0.1) is 11.3 Å². The first-order valence-corrected chi connectivity index (χ1v) is 9.78. The van der Waals surface area contributed by atoms with Crippen LogP contribution in [-0.4, -0.2) is 49.0 Å². The number of carbonyl (C=O) groups excluding carboxylic acids is 1. The molecule has 1 fully saturated rings. The molecule has 0 aromatic carbocycles. The van der Waals surface area contributed by atoms with Crippen LogP contribution in [0.4, 0.5) is 0 Å². The smallest absolute Gasteiger partial charge is 0.270 e. The maximum Gasteiger partial charge on any atom is 0.270 e. The zero-order chi connectivity index (χ0) is 15.5. The molecule has 1 aliphatic rings. The van der Waals surface area contributed by atoms with Crippen LogP contribution in [0.2, 0.25) is 0 Å². The maximum atomic E-state index is 11.9. The molecule has 8 heteroatoms. The summed E-state index contributed by atoms with van der Waals surface area (Å²) in [5.74, 6) is -0.193. The molecule has 1 aromatic heterocycles. The molecule has 1 saturated heterocycles. The molecule has 0 unspecified atom stereocenters. The van der Waals surface area contributed by atoms with Gasteiger partial charge in [0.05, 0.1) is 11.3 Å². The van der Waals surface area contributed by atoms with Crippen molar-refractivity contribution in [1.29, 1.82) is 0 Å². The fourth-order valence-corrected chi connectivity index (χ4v) is 4.42. The molecule has 0 bridgehead atoms. The highest BCUT2D eigenvalue weighted by atomic mass is 32.2. The second kappa shape index (κ2) is 6.85. The van der Waals surface area contributed by atoms with Crippen LogP contribution >= 0.6 is 11.3 Å². The van der Waals surface area contributed by atoms with E-state index in [9.17, 15) is 13.2 Å². The number of piperidine rings is 1. The Balaban J connectivity index is 1.85. The molecular weight excluding hydrogens is 310 g/mol. The molecule has 0 aliphatic carbocycles. The SMILES string of the molecule is Cc1nc(C(=O)NCC[C@@H]2CCCCN2S(C)(=O)=O)cs1. The summed E-state index contributed by atoms with van der Waals surface area (Å²) in [7, 11) is -3.16. The van der Waals surface area contributed by atoms with Crippen molar-refractivity contribution in [3.63, 3.8) is 0 Å². The van der Waals surface area contributed by atoms with Gasteiger partial charge in [-0.25, -0.2) is 13.4 Å². The highest BCUT2D eigenvalue weighted by Crippen LogP contribution is 2.21. The average molecular weight is 331 g/mol. The second-order valence-corrected chi connectivity index (χ2v) is 8.32. The van der Waals surface area contributed by atoms with Crippen LogP contribution in [0.3, 0.4) is 0 Å². The van der Waals surface area contributed by atoms with Gasteiger partial charge < -0.3 is 5.32 Å².